The summed E-state index contributed by atoms with van der Waals surface area (Å²) in [6.45, 7) is 4.16. The molecule has 1 aliphatic heterocycles. The summed E-state index contributed by atoms with van der Waals surface area (Å²) < 4.78 is 11.9. The number of ether oxygens (including phenoxy) is 2. The van der Waals surface area contributed by atoms with Gasteiger partial charge in [-0.2, -0.15) is 0 Å². The number of nitrogens with two attached hydrogens (primary N) is 1. The van der Waals surface area contributed by atoms with Gasteiger partial charge in [-0.15, -0.1) is 0 Å². The average Bonchev–Trinajstić information content (AvgIpc) is 2.38. The average molecular weight is 242 g/mol. The Hall–Kier alpha value is -0.160. The molecule has 1 aliphatic carbocycles. The SMILES string of the molecule is CN1CCOC(COC2(CN)CCCCC2)C1. The molecular weight excluding hydrogens is 216 g/mol. The molecule has 1 unspecified atom stereocenters. The van der Waals surface area contributed by atoms with Crippen molar-refractivity contribution in [3.63, 3.8) is 0 Å². The van der Waals surface area contributed by atoms with Crippen molar-refractivity contribution < 1.29 is 9.47 Å². The summed E-state index contributed by atoms with van der Waals surface area (Å²) in [5, 5.41) is 0. The number of nitrogens with zero attached hydrogens (tertiary/aromatic N) is 1. The maximum atomic E-state index is 6.13. The molecule has 4 heteroatoms. The van der Waals surface area contributed by atoms with Crippen LogP contribution in [0.5, 0.6) is 0 Å². The predicted molar refractivity (Wildman–Crippen MR) is 68.1 cm³/mol. The second-order valence-electron chi connectivity index (χ2n) is 5.51. The minimum absolute atomic E-state index is 0.0579. The van der Waals surface area contributed by atoms with Gasteiger partial charge >= 0.3 is 0 Å². The summed E-state index contributed by atoms with van der Waals surface area (Å²) in [6.07, 6.45) is 6.29. The maximum absolute atomic E-state index is 6.13. The van der Waals surface area contributed by atoms with E-state index < -0.39 is 0 Å². The Morgan fingerprint density at radius 2 is 2.12 bits per heavy atom. The van der Waals surface area contributed by atoms with E-state index in [9.17, 15) is 0 Å². The van der Waals surface area contributed by atoms with E-state index in [0.717, 1.165) is 32.5 Å². The van der Waals surface area contributed by atoms with Gasteiger partial charge in [0.2, 0.25) is 0 Å². The Bertz CT molecular complexity index is 229. The third-order valence-corrected chi connectivity index (χ3v) is 4.05. The number of likely N-dealkylation sites (N-methyl/N-ethyl adjacent to an activating group) is 1. The Morgan fingerprint density at radius 1 is 1.35 bits per heavy atom. The summed E-state index contributed by atoms with van der Waals surface area (Å²) in [6, 6.07) is 0. The van der Waals surface area contributed by atoms with Crippen LogP contribution in [-0.2, 0) is 9.47 Å². The van der Waals surface area contributed by atoms with Crippen LogP contribution < -0.4 is 5.73 Å². The number of hydrogen-bond donors (Lipinski definition) is 1. The lowest BCUT2D eigenvalue weighted by Crippen LogP contribution is -2.47. The highest BCUT2D eigenvalue weighted by molar-refractivity contribution is 4.86. The molecule has 0 radical (unpaired) electrons. The first kappa shape index (κ1) is 13.3. The lowest BCUT2D eigenvalue weighted by atomic mass is 9.84. The van der Waals surface area contributed by atoms with Gasteiger partial charge in [-0.25, -0.2) is 0 Å². The summed E-state index contributed by atoms with van der Waals surface area (Å²) in [5.74, 6) is 0. The minimum atomic E-state index is -0.0579. The Morgan fingerprint density at radius 3 is 2.76 bits per heavy atom. The summed E-state index contributed by atoms with van der Waals surface area (Å²) in [7, 11) is 2.13. The molecule has 2 rings (SSSR count). The molecule has 1 atom stereocenters. The van der Waals surface area contributed by atoms with E-state index in [1.165, 1.54) is 19.3 Å². The molecule has 1 heterocycles. The largest absolute Gasteiger partial charge is 0.373 e. The maximum Gasteiger partial charge on any atom is 0.0935 e. The monoisotopic (exact) mass is 242 g/mol. The molecule has 0 amide bonds. The lowest BCUT2D eigenvalue weighted by molar-refractivity contribution is -0.124. The fourth-order valence-corrected chi connectivity index (χ4v) is 2.84. The zero-order valence-corrected chi connectivity index (χ0v) is 11.0. The molecule has 0 spiro atoms. The van der Waals surface area contributed by atoms with Gasteiger partial charge in [-0.05, 0) is 19.9 Å². The molecule has 2 aliphatic rings. The zero-order chi connectivity index (χ0) is 12.1. The van der Waals surface area contributed by atoms with Crippen LogP contribution in [0.3, 0.4) is 0 Å². The third-order valence-electron chi connectivity index (χ3n) is 4.05. The van der Waals surface area contributed by atoms with Crippen molar-refractivity contribution in [3.05, 3.63) is 0 Å². The van der Waals surface area contributed by atoms with Gasteiger partial charge in [0.25, 0.3) is 0 Å². The summed E-state index contributed by atoms with van der Waals surface area (Å²) in [4.78, 5) is 2.30. The van der Waals surface area contributed by atoms with Crippen molar-refractivity contribution in [1.82, 2.24) is 4.90 Å². The highest BCUT2D eigenvalue weighted by atomic mass is 16.5. The fraction of sp³-hybridized carbons (Fsp3) is 1.00. The molecule has 0 aromatic rings. The Balaban J connectivity index is 1.78. The van der Waals surface area contributed by atoms with E-state index >= 15 is 0 Å². The van der Waals surface area contributed by atoms with E-state index in [0.29, 0.717) is 13.2 Å². The van der Waals surface area contributed by atoms with Gasteiger partial charge < -0.3 is 20.1 Å². The van der Waals surface area contributed by atoms with Crippen LogP contribution in [0.15, 0.2) is 0 Å². The predicted octanol–water partition coefficient (Wildman–Crippen LogP) is 0.995. The van der Waals surface area contributed by atoms with E-state index in [4.69, 9.17) is 15.2 Å². The molecule has 17 heavy (non-hydrogen) atoms. The van der Waals surface area contributed by atoms with E-state index in [1.807, 2.05) is 0 Å². The Labute approximate surface area is 104 Å². The topological polar surface area (TPSA) is 47.7 Å². The van der Waals surface area contributed by atoms with Crippen molar-refractivity contribution >= 4 is 0 Å². The van der Waals surface area contributed by atoms with Gasteiger partial charge in [-0.1, -0.05) is 19.3 Å². The molecule has 0 aromatic heterocycles. The summed E-state index contributed by atoms with van der Waals surface area (Å²) >= 11 is 0. The van der Waals surface area contributed by atoms with Crippen LogP contribution in [0.1, 0.15) is 32.1 Å². The second-order valence-corrected chi connectivity index (χ2v) is 5.51. The van der Waals surface area contributed by atoms with Gasteiger partial charge in [0, 0.05) is 19.6 Å². The summed E-state index contributed by atoms with van der Waals surface area (Å²) in [5.41, 5.74) is 5.85. The fourth-order valence-electron chi connectivity index (χ4n) is 2.84. The molecule has 2 fully saturated rings. The van der Waals surface area contributed by atoms with E-state index in [2.05, 4.69) is 11.9 Å². The van der Waals surface area contributed by atoms with Gasteiger partial charge in [0.15, 0.2) is 0 Å². The lowest BCUT2D eigenvalue weighted by Gasteiger charge is -2.38. The molecule has 1 saturated carbocycles. The normalized spacial score (nSPS) is 30.4. The van der Waals surface area contributed by atoms with E-state index in [-0.39, 0.29) is 11.7 Å². The standard InChI is InChI=1S/C13H26N2O2/c1-15-7-8-16-12(9-15)10-17-13(11-14)5-3-2-4-6-13/h12H,2-11,14H2,1H3. The highest BCUT2D eigenvalue weighted by Gasteiger charge is 2.32. The molecule has 4 nitrogen and oxygen atoms in total. The van der Waals surface area contributed by atoms with Crippen molar-refractivity contribution in [2.75, 3.05) is 39.9 Å². The van der Waals surface area contributed by atoms with Crippen molar-refractivity contribution in [3.8, 4) is 0 Å². The zero-order valence-electron chi connectivity index (χ0n) is 11.0. The van der Waals surface area contributed by atoms with Gasteiger partial charge in [0.05, 0.1) is 24.9 Å². The van der Waals surface area contributed by atoms with Crippen LogP contribution in [0, 0.1) is 0 Å². The quantitative estimate of drug-likeness (QED) is 0.799. The second kappa shape index (κ2) is 6.14. The molecule has 100 valence electrons. The molecule has 1 saturated heterocycles. The smallest absolute Gasteiger partial charge is 0.0935 e. The first-order valence-corrected chi connectivity index (χ1v) is 6.88. The van der Waals surface area contributed by atoms with Crippen LogP contribution in [0.25, 0.3) is 0 Å². The van der Waals surface area contributed by atoms with Crippen molar-refractivity contribution in [2.24, 2.45) is 5.73 Å². The van der Waals surface area contributed by atoms with Gasteiger partial charge in [-0.3, -0.25) is 0 Å². The first-order chi connectivity index (χ1) is 8.24. The van der Waals surface area contributed by atoms with E-state index in [1.54, 1.807) is 0 Å². The van der Waals surface area contributed by atoms with Gasteiger partial charge in [0.1, 0.15) is 0 Å². The van der Waals surface area contributed by atoms with Crippen LogP contribution >= 0.6 is 0 Å². The third kappa shape index (κ3) is 3.65. The van der Waals surface area contributed by atoms with Crippen LogP contribution in [0.4, 0.5) is 0 Å². The molecular formula is C13H26N2O2. The first-order valence-electron chi connectivity index (χ1n) is 6.88. The number of hydrogen-bond acceptors (Lipinski definition) is 4. The number of rotatable bonds is 4. The van der Waals surface area contributed by atoms with Crippen LogP contribution in [0.2, 0.25) is 0 Å². The van der Waals surface area contributed by atoms with Crippen molar-refractivity contribution in [2.45, 2.75) is 43.8 Å². The minimum Gasteiger partial charge on any atom is -0.373 e. The molecule has 0 bridgehead atoms. The highest BCUT2D eigenvalue weighted by Crippen LogP contribution is 2.31. The number of morpholine rings is 1. The Kier molecular flexibility index (Phi) is 4.79. The van der Waals surface area contributed by atoms with Crippen molar-refractivity contribution in [1.29, 1.82) is 0 Å². The molecule has 0 aromatic carbocycles. The van der Waals surface area contributed by atoms with Crippen LogP contribution in [-0.4, -0.2) is 56.5 Å². The molecule has 2 N–H and O–H groups in total.